The third-order valence-corrected chi connectivity index (χ3v) is 9.87. The van der Waals surface area contributed by atoms with E-state index in [2.05, 4.69) is 22.0 Å². The molecular weight excluding hydrogens is 671 g/mol. The quantitative estimate of drug-likeness (QED) is 0.227. The van der Waals surface area contributed by atoms with Crippen LogP contribution in [0.1, 0.15) is 48.8 Å². The van der Waals surface area contributed by atoms with Crippen molar-refractivity contribution in [3.8, 4) is 0 Å². The lowest BCUT2D eigenvalue weighted by atomic mass is 9.90. The Bertz CT molecular complexity index is 1680. The van der Waals surface area contributed by atoms with Crippen LogP contribution in [0.4, 0.5) is 30.2 Å². The van der Waals surface area contributed by atoms with Crippen LogP contribution in [0.5, 0.6) is 0 Å². The fourth-order valence-electron chi connectivity index (χ4n) is 6.95. The number of aliphatic hydroxyl groups is 1. The molecule has 3 saturated heterocycles. The van der Waals surface area contributed by atoms with Crippen LogP contribution in [-0.2, 0) is 25.7 Å². The smallest absolute Gasteiger partial charge is 0.392 e. The van der Waals surface area contributed by atoms with Crippen molar-refractivity contribution in [3.63, 3.8) is 0 Å². The lowest BCUT2D eigenvalue weighted by molar-refractivity contribution is -0.384. The van der Waals surface area contributed by atoms with E-state index in [4.69, 9.17) is 9.47 Å². The fraction of sp³-hybridized carbons (Fsp3) is 0.444. The molecule has 3 aromatic carbocycles. The van der Waals surface area contributed by atoms with Crippen LogP contribution < -0.4 is 10.2 Å². The summed E-state index contributed by atoms with van der Waals surface area (Å²) in [6.45, 7) is 5.48. The molecule has 272 valence electrons. The number of piperazine rings is 1. The standard InChI is InChI=1S/C36H40F3N5O7/c1-23-31(21-41-17-19-42(20-18-41)28-12-14-29(15-13-28)44(48)49)50-34(51-32(23)25-6-4-24(22-45)5-7-25)26-8-10-27(11-9-26)40-33(46)30-3-2-16-43(30)35(47)36(37,38)39/h4-15,23,30-32,34,45H,2-3,16-22H2,1H3,(H,40,46). The third kappa shape index (κ3) is 8.33. The molecule has 0 saturated carbocycles. The number of alkyl halides is 3. The summed E-state index contributed by atoms with van der Waals surface area (Å²) < 4.78 is 52.3. The Morgan fingerprint density at radius 3 is 2.18 bits per heavy atom. The number of anilines is 2. The molecule has 15 heteroatoms. The normalized spacial score (nSPS) is 24.4. The van der Waals surface area contributed by atoms with Crippen LogP contribution >= 0.6 is 0 Å². The molecule has 2 amide bonds. The first-order valence-corrected chi connectivity index (χ1v) is 16.9. The van der Waals surface area contributed by atoms with Gasteiger partial charge in [0, 0.05) is 74.3 Å². The Kier molecular flexibility index (Phi) is 10.9. The highest BCUT2D eigenvalue weighted by Crippen LogP contribution is 2.42. The number of aliphatic hydroxyl groups excluding tert-OH is 1. The van der Waals surface area contributed by atoms with E-state index in [0.29, 0.717) is 29.1 Å². The number of amides is 2. The summed E-state index contributed by atoms with van der Waals surface area (Å²) in [5, 5.41) is 23.3. The van der Waals surface area contributed by atoms with Crippen LogP contribution in [0.3, 0.4) is 0 Å². The van der Waals surface area contributed by atoms with Gasteiger partial charge < -0.3 is 29.7 Å². The number of nitrogens with one attached hydrogen (secondary N) is 1. The lowest BCUT2D eigenvalue weighted by Crippen LogP contribution is -2.51. The molecule has 0 spiro atoms. The van der Waals surface area contributed by atoms with Gasteiger partial charge in [-0.25, -0.2) is 0 Å². The maximum Gasteiger partial charge on any atom is 0.471 e. The van der Waals surface area contributed by atoms with Crippen LogP contribution in [-0.4, -0.2) is 89.2 Å². The second-order valence-electron chi connectivity index (χ2n) is 13.1. The molecule has 0 bridgehead atoms. The molecule has 3 aliphatic heterocycles. The van der Waals surface area contributed by atoms with Gasteiger partial charge in [-0.1, -0.05) is 43.3 Å². The minimum absolute atomic E-state index is 0.0514. The molecule has 51 heavy (non-hydrogen) atoms. The number of halogens is 3. The highest BCUT2D eigenvalue weighted by molar-refractivity contribution is 5.98. The van der Waals surface area contributed by atoms with Gasteiger partial charge in [0.05, 0.1) is 23.7 Å². The number of ether oxygens (including phenoxy) is 2. The number of nitro groups is 1. The molecule has 0 aliphatic carbocycles. The van der Waals surface area contributed by atoms with Crippen molar-refractivity contribution >= 4 is 28.9 Å². The van der Waals surface area contributed by atoms with Crippen LogP contribution in [0, 0.1) is 16.0 Å². The Balaban J connectivity index is 1.13. The average molecular weight is 712 g/mol. The molecule has 12 nitrogen and oxygen atoms in total. The number of non-ortho nitro benzene ring substituents is 1. The highest BCUT2D eigenvalue weighted by atomic mass is 19.4. The van der Waals surface area contributed by atoms with Gasteiger partial charge in [0.25, 0.3) is 5.69 Å². The van der Waals surface area contributed by atoms with Crippen molar-refractivity contribution in [1.29, 1.82) is 0 Å². The van der Waals surface area contributed by atoms with Crippen LogP contribution in [0.25, 0.3) is 0 Å². The Labute approximate surface area is 292 Å². The van der Waals surface area contributed by atoms with Gasteiger partial charge in [-0.15, -0.1) is 0 Å². The van der Waals surface area contributed by atoms with Gasteiger partial charge in [-0.05, 0) is 48.2 Å². The predicted octanol–water partition coefficient (Wildman–Crippen LogP) is 5.19. The number of rotatable bonds is 9. The molecule has 6 rings (SSSR count). The summed E-state index contributed by atoms with van der Waals surface area (Å²) in [6.07, 6.45) is -5.97. The maximum absolute atomic E-state index is 13.1. The van der Waals surface area contributed by atoms with E-state index in [9.17, 15) is 38.0 Å². The number of carbonyl (C=O) groups excluding carboxylic acids is 2. The zero-order valence-corrected chi connectivity index (χ0v) is 28.0. The number of hydrogen-bond acceptors (Lipinski definition) is 9. The van der Waals surface area contributed by atoms with E-state index in [1.165, 1.54) is 12.1 Å². The molecule has 2 N–H and O–H groups in total. The molecular formula is C36H40F3N5O7. The summed E-state index contributed by atoms with van der Waals surface area (Å²) in [5.41, 5.74) is 3.73. The monoisotopic (exact) mass is 711 g/mol. The minimum atomic E-state index is -5.05. The third-order valence-electron chi connectivity index (χ3n) is 9.87. The van der Waals surface area contributed by atoms with Crippen LogP contribution in [0.15, 0.2) is 72.8 Å². The predicted molar refractivity (Wildman–Crippen MR) is 181 cm³/mol. The second-order valence-corrected chi connectivity index (χ2v) is 13.1. The number of benzene rings is 3. The van der Waals surface area contributed by atoms with E-state index < -0.39 is 35.2 Å². The van der Waals surface area contributed by atoms with E-state index in [1.54, 1.807) is 36.4 Å². The van der Waals surface area contributed by atoms with Crippen molar-refractivity contribution < 1.29 is 42.3 Å². The number of hydrogen-bond donors (Lipinski definition) is 2. The summed E-state index contributed by atoms with van der Waals surface area (Å²) >= 11 is 0. The molecule has 5 unspecified atom stereocenters. The van der Waals surface area contributed by atoms with Crippen molar-refractivity contribution in [2.24, 2.45) is 5.92 Å². The summed E-state index contributed by atoms with van der Waals surface area (Å²) in [6, 6.07) is 19.6. The number of carbonyl (C=O) groups is 2. The maximum atomic E-state index is 13.1. The van der Waals surface area contributed by atoms with Gasteiger partial charge in [-0.2, -0.15) is 13.2 Å². The van der Waals surface area contributed by atoms with Gasteiger partial charge >= 0.3 is 12.1 Å². The lowest BCUT2D eigenvalue weighted by Gasteiger charge is -2.44. The zero-order chi connectivity index (χ0) is 36.3. The SMILES string of the molecule is CC1C(CN2CCN(c3ccc([N+](=O)[O-])cc3)CC2)OC(c2ccc(NC(=O)C3CCCN3C(=O)C(F)(F)F)cc2)OC1c1ccc(CO)cc1. The number of likely N-dealkylation sites (tertiary alicyclic amines) is 1. The van der Waals surface area contributed by atoms with Crippen molar-refractivity contribution in [1.82, 2.24) is 9.80 Å². The highest BCUT2D eigenvalue weighted by Gasteiger charge is 2.47. The van der Waals surface area contributed by atoms with Gasteiger partial charge in [0.15, 0.2) is 6.29 Å². The molecule has 0 radical (unpaired) electrons. The van der Waals surface area contributed by atoms with E-state index in [0.717, 1.165) is 43.0 Å². The van der Waals surface area contributed by atoms with Crippen LogP contribution in [0.2, 0.25) is 0 Å². The van der Waals surface area contributed by atoms with Crippen molar-refractivity contribution in [2.45, 2.75) is 57.1 Å². The molecule has 3 fully saturated rings. The summed E-state index contributed by atoms with van der Waals surface area (Å²) in [7, 11) is 0. The first-order valence-electron chi connectivity index (χ1n) is 16.9. The average Bonchev–Trinajstić information content (AvgIpc) is 3.63. The summed E-state index contributed by atoms with van der Waals surface area (Å²) in [4.78, 5) is 40.5. The fourth-order valence-corrected chi connectivity index (χ4v) is 6.95. The topological polar surface area (TPSA) is 138 Å². The van der Waals surface area contributed by atoms with Crippen molar-refractivity contribution in [3.05, 3.63) is 99.6 Å². The Hall–Kier alpha value is -4.57. The Morgan fingerprint density at radius 1 is 0.922 bits per heavy atom. The molecule has 3 aromatic rings. The molecule has 3 aliphatic rings. The molecule has 0 aromatic heterocycles. The van der Waals surface area contributed by atoms with Gasteiger partial charge in [-0.3, -0.25) is 24.6 Å². The van der Waals surface area contributed by atoms with Crippen molar-refractivity contribution in [2.75, 3.05) is 49.5 Å². The largest absolute Gasteiger partial charge is 0.471 e. The van der Waals surface area contributed by atoms with Gasteiger partial charge in [0.1, 0.15) is 6.04 Å². The zero-order valence-electron chi connectivity index (χ0n) is 28.0. The Morgan fingerprint density at radius 2 is 1.57 bits per heavy atom. The minimum Gasteiger partial charge on any atom is -0.392 e. The number of nitro benzene ring substituents is 1. The molecule has 3 heterocycles. The first kappa shape index (κ1) is 36.2. The van der Waals surface area contributed by atoms with E-state index >= 15 is 0 Å². The van der Waals surface area contributed by atoms with E-state index in [-0.39, 0.29) is 43.4 Å². The molecule has 5 atom stereocenters. The second kappa shape index (κ2) is 15.4. The van der Waals surface area contributed by atoms with E-state index in [1.807, 2.05) is 24.3 Å². The first-order chi connectivity index (χ1) is 24.4. The number of nitrogens with zero attached hydrogens (tertiary/aromatic N) is 4. The van der Waals surface area contributed by atoms with Gasteiger partial charge in [0.2, 0.25) is 5.91 Å². The summed E-state index contributed by atoms with van der Waals surface area (Å²) in [5.74, 6) is -2.75.